The van der Waals surface area contributed by atoms with Crippen molar-refractivity contribution < 1.29 is 22.7 Å². The second kappa shape index (κ2) is 6.23. The minimum atomic E-state index is -4.85. The van der Waals surface area contributed by atoms with Gasteiger partial charge in [0.05, 0.1) is 12.9 Å². The second-order valence-corrected chi connectivity index (χ2v) is 3.66. The lowest BCUT2D eigenvalue weighted by molar-refractivity contribution is -0.165. The standard InChI is InChI=1S/C13H13F3O2/c1-18-11(9-12(17)13(14,15)16)8-7-10-5-3-2-4-6-10/h2-6,9H,7-8H2,1H3/b11-9-. The first-order chi connectivity index (χ1) is 8.43. The minimum absolute atomic E-state index is 0.0289. The highest BCUT2D eigenvalue weighted by Crippen LogP contribution is 2.19. The van der Waals surface area contributed by atoms with E-state index in [1.807, 2.05) is 30.3 Å². The number of methoxy groups -OCH3 is 1. The molecule has 0 radical (unpaired) electrons. The van der Waals surface area contributed by atoms with Crippen molar-refractivity contribution in [3.8, 4) is 0 Å². The Morgan fingerprint density at radius 1 is 1.28 bits per heavy atom. The van der Waals surface area contributed by atoms with Gasteiger partial charge in [-0.25, -0.2) is 0 Å². The molecule has 1 rings (SSSR count). The molecule has 0 amide bonds. The molecule has 1 aromatic carbocycles. The molecule has 0 heterocycles. The van der Waals surface area contributed by atoms with E-state index in [1.54, 1.807) is 0 Å². The topological polar surface area (TPSA) is 26.3 Å². The molecule has 0 N–H and O–H groups in total. The molecule has 0 aliphatic carbocycles. The zero-order valence-corrected chi connectivity index (χ0v) is 9.83. The van der Waals surface area contributed by atoms with Gasteiger partial charge in [-0.2, -0.15) is 13.2 Å². The van der Waals surface area contributed by atoms with Gasteiger partial charge < -0.3 is 4.74 Å². The van der Waals surface area contributed by atoms with Gasteiger partial charge in [0.1, 0.15) is 0 Å². The Morgan fingerprint density at radius 3 is 2.39 bits per heavy atom. The zero-order chi connectivity index (χ0) is 13.6. The van der Waals surface area contributed by atoms with Crippen LogP contribution >= 0.6 is 0 Å². The highest BCUT2D eigenvalue weighted by molar-refractivity contribution is 5.94. The number of benzene rings is 1. The Bertz CT molecular complexity index is 422. The molecule has 0 aromatic heterocycles. The number of ketones is 1. The molecule has 0 bridgehead atoms. The first kappa shape index (κ1) is 14.3. The van der Waals surface area contributed by atoms with E-state index in [9.17, 15) is 18.0 Å². The molecule has 0 saturated heterocycles. The van der Waals surface area contributed by atoms with Crippen LogP contribution in [0.1, 0.15) is 12.0 Å². The third-order valence-corrected chi connectivity index (χ3v) is 2.34. The summed E-state index contributed by atoms with van der Waals surface area (Å²) >= 11 is 0. The Balaban J connectivity index is 2.63. The maximum absolute atomic E-state index is 12.1. The fourth-order valence-electron chi connectivity index (χ4n) is 1.37. The van der Waals surface area contributed by atoms with E-state index in [0.717, 1.165) is 5.56 Å². The number of alkyl halides is 3. The number of aryl methyl sites for hydroxylation is 1. The second-order valence-electron chi connectivity index (χ2n) is 3.66. The van der Waals surface area contributed by atoms with Crippen LogP contribution in [0.3, 0.4) is 0 Å². The molecule has 0 spiro atoms. The highest BCUT2D eigenvalue weighted by atomic mass is 19.4. The highest BCUT2D eigenvalue weighted by Gasteiger charge is 2.36. The van der Waals surface area contributed by atoms with Gasteiger partial charge in [0.2, 0.25) is 0 Å². The van der Waals surface area contributed by atoms with Gasteiger partial charge >= 0.3 is 6.18 Å². The first-order valence-corrected chi connectivity index (χ1v) is 5.33. The lowest BCUT2D eigenvalue weighted by atomic mass is 10.1. The predicted molar refractivity (Wildman–Crippen MR) is 60.9 cm³/mol. The zero-order valence-electron chi connectivity index (χ0n) is 9.83. The van der Waals surface area contributed by atoms with Crippen LogP contribution in [0.25, 0.3) is 0 Å². The van der Waals surface area contributed by atoms with Crippen molar-refractivity contribution in [3.05, 3.63) is 47.7 Å². The summed E-state index contributed by atoms with van der Waals surface area (Å²) in [4.78, 5) is 10.8. The first-order valence-electron chi connectivity index (χ1n) is 5.33. The smallest absolute Gasteiger partial charge is 0.454 e. The number of halogens is 3. The number of ether oxygens (including phenoxy) is 1. The van der Waals surface area contributed by atoms with E-state index >= 15 is 0 Å². The molecule has 18 heavy (non-hydrogen) atoms. The number of hydrogen-bond donors (Lipinski definition) is 0. The third-order valence-electron chi connectivity index (χ3n) is 2.34. The largest absolute Gasteiger partial charge is 0.501 e. The average Bonchev–Trinajstić information content (AvgIpc) is 2.34. The van der Waals surface area contributed by atoms with Crippen LogP contribution in [0.15, 0.2) is 42.2 Å². The van der Waals surface area contributed by atoms with Crippen molar-refractivity contribution in [2.45, 2.75) is 19.0 Å². The molecule has 0 atom stereocenters. The number of carbonyl (C=O) groups excluding carboxylic acids is 1. The minimum Gasteiger partial charge on any atom is -0.501 e. The lowest BCUT2D eigenvalue weighted by Gasteiger charge is -2.07. The molecule has 0 saturated carbocycles. The van der Waals surface area contributed by atoms with Crippen molar-refractivity contribution >= 4 is 5.78 Å². The van der Waals surface area contributed by atoms with Crippen LogP contribution in [0.2, 0.25) is 0 Å². The summed E-state index contributed by atoms with van der Waals surface area (Å²) in [6.07, 6.45) is -3.58. The van der Waals surface area contributed by atoms with Gasteiger partial charge in [-0.1, -0.05) is 30.3 Å². The van der Waals surface area contributed by atoms with E-state index in [0.29, 0.717) is 12.5 Å². The average molecular weight is 258 g/mol. The van der Waals surface area contributed by atoms with Gasteiger partial charge in [0.25, 0.3) is 5.78 Å². The third kappa shape index (κ3) is 4.61. The fraction of sp³-hybridized carbons (Fsp3) is 0.308. The fourth-order valence-corrected chi connectivity index (χ4v) is 1.37. The number of allylic oxidation sites excluding steroid dienone is 2. The molecule has 0 aliphatic rings. The van der Waals surface area contributed by atoms with E-state index < -0.39 is 12.0 Å². The van der Waals surface area contributed by atoms with Crippen LogP contribution in [-0.2, 0) is 16.0 Å². The summed E-state index contributed by atoms with van der Waals surface area (Å²) < 4.78 is 41.0. The quantitative estimate of drug-likeness (QED) is 0.598. The monoisotopic (exact) mass is 258 g/mol. The maximum Gasteiger partial charge on any atom is 0.454 e. The van der Waals surface area contributed by atoms with Gasteiger partial charge in [0.15, 0.2) is 0 Å². The lowest BCUT2D eigenvalue weighted by Crippen LogP contribution is -2.20. The summed E-state index contributed by atoms with van der Waals surface area (Å²) in [6, 6.07) is 9.25. The molecule has 5 heteroatoms. The SMILES string of the molecule is CO/C(=C\C(=O)C(F)(F)F)CCc1ccccc1. The van der Waals surface area contributed by atoms with Gasteiger partial charge in [-0.05, 0) is 12.0 Å². The summed E-state index contributed by atoms with van der Waals surface area (Å²) in [5.41, 5.74) is 0.972. The number of carbonyl (C=O) groups is 1. The van der Waals surface area contributed by atoms with Gasteiger partial charge in [0, 0.05) is 12.5 Å². The van der Waals surface area contributed by atoms with Crippen molar-refractivity contribution in [1.82, 2.24) is 0 Å². The molecule has 2 nitrogen and oxygen atoms in total. The summed E-state index contributed by atoms with van der Waals surface area (Å²) in [5, 5.41) is 0. The normalized spacial score (nSPS) is 12.3. The molecule has 0 aliphatic heterocycles. The maximum atomic E-state index is 12.1. The Morgan fingerprint density at radius 2 is 1.89 bits per heavy atom. The van der Waals surface area contributed by atoms with E-state index in [1.165, 1.54) is 7.11 Å². The molecule has 98 valence electrons. The van der Waals surface area contributed by atoms with Crippen LogP contribution in [0, 0.1) is 0 Å². The van der Waals surface area contributed by atoms with Gasteiger partial charge in [-0.15, -0.1) is 0 Å². The molecule has 0 unspecified atom stereocenters. The van der Waals surface area contributed by atoms with E-state index in [-0.39, 0.29) is 12.2 Å². The van der Waals surface area contributed by atoms with Crippen LogP contribution < -0.4 is 0 Å². The van der Waals surface area contributed by atoms with E-state index in [2.05, 4.69) is 0 Å². The number of hydrogen-bond acceptors (Lipinski definition) is 2. The summed E-state index contributed by atoms with van der Waals surface area (Å²) in [5.74, 6) is -1.87. The Labute approximate surface area is 103 Å². The molecular formula is C13H13F3O2. The van der Waals surface area contributed by atoms with Crippen LogP contribution in [-0.4, -0.2) is 19.1 Å². The predicted octanol–water partition coefficient (Wildman–Crippen LogP) is 3.28. The summed E-state index contributed by atoms with van der Waals surface area (Å²) in [7, 11) is 1.25. The van der Waals surface area contributed by atoms with Crippen molar-refractivity contribution in [3.63, 3.8) is 0 Å². The Hall–Kier alpha value is -1.78. The Kier molecular flexibility index (Phi) is 4.95. The van der Waals surface area contributed by atoms with Crippen molar-refractivity contribution in [1.29, 1.82) is 0 Å². The van der Waals surface area contributed by atoms with Crippen LogP contribution in [0.4, 0.5) is 13.2 Å². The van der Waals surface area contributed by atoms with Crippen LogP contribution in [0.5, 0.6) is 0 Å². The van der Waals surface area contributed by atoms with Gasteiger partial charge in [-0.3, -0.25) is 4.79 Å². The number of rotatable bonds is 5. The van der Waals surface area contributed by atoms with Crippen molar-refractivity contribution in [2.24, 2.45) is 0 Å². The molecule has 0 fully saturated rings. The van der Waals surface area contributed by atoms with E-state index in [4.69, 9.17) is 4.74 Å². The summed E-state index contributed by atoms with van der Waals surface area (Å²) in [6.45, 7) is 0. The molecule has 1 aromatic rings. The molecular weight excluding hydrogens is 245 g/mol. The van der Waals surface area contributed by atoms with Crippen molar-refractivity contribution in [2.75, 3.05) is 7.11 Å².